The first kappa shape index (κ1) is 10.9. The lowest BCUT2D eigenvalue weighted by Gasteiger charge is -2.09. The minimum absolute atomic E-state index is 0.0707. The standard InChI is InChI=1S/C6H12N2O4/c1-4(2-6(10)11)8-12-3-5(7)9/h4,8H,2-3H2,1H3,(H2,7,9)(H,10,11). The maximum absolute atomic E-state index is 10.1. The van der Waals surface area contributed by atoms with Gasteiger partial charge in [0.25, 0.3) is 0 Å². The molecule has 0 aromatic carbocycles. The van der Waals surface area contributed by atoms with E-state index in [1.807, 2.05) is 0 Å². The smallest absolute Gasteiger partial charge is 0.305 e. The molecule has 70 valence electrons. The van der Waals surface area contributed by atoms with Crippen molar-refractivity contribution < 1.29 is 19.5 Å². The van der Waals surface area contributed by atoms with Gasteiger partial charge >= 0.3 is 5.97 Å². The molecule has 0 rings (SSSR count). The fourth-order valence-corrected chi connectivity index (χ4v) is 0.559. The summed E-state index contributed by atoms with van der Waals surface area (Å²) in [5, 5.41) is 8.31. The third-order valence-electron chi connectivity index (χ3n) is 0.980. The largest absolute Gasteiger partial charge is 0.481 e. The third-order valence-corrected chi connectivity index (χ3v) is 0.980. The molecule has 0 saturated carbocycles. The molecule has 12 heavy (non-hydrogen) atoms. The third kappa shape index (κ3) is 6.97. The van der Waals surface area contributed by atoms with Crippen molar-refractivity contribution in [3.8, 4) is 0 Å². The van der Waals surface area contributed by atoms with Crippen molar-refractivity contribution in [2.75, 3.05) is 6.61 Å². The molecule has 0 heterocycles. The Bertz CT molecular complexity index is 171. The summed E-state index contributed by atoms with van der Waals surface area (Å²) in [7, 11) is 0. The van der Waals surface area contributed by atoms with Gasteiger partial charge < -0.3 is 10.8 Å². The van der Waals surface area contributed by atoms with Crippen molar-refractivity contribution in [2.45, 2.75) is 19.4 Å². The number of hydrogen-bond donors (Lipinski definition) is 3. The van der Waals surface area contributed by atoms with Gasteiger partial charge in [-0.25, -0.2) is 0 Å². The van der Waals surface area contributed by atoms with Gasteiger partial charge in [-0.05, 0) is 6.92 Å². The highest BCUT2D eigenvalue weighted by Gasteiger charge is 2.06. The van der Waals surface area contributed by atoms with Gasteiger partial charge in [-0.1, -0.05) is 0 Å². The summed E-state index contributed by atoms with van der Waals surface area (Å²) < 4.78 is 0. The van der Waals surface area contributed by atoms with Crippen LogP contribution in [0.1, 0.15) is 13.3 Å². The molecule has 4 N–H and O–H groups in total. The van der Waals surface area contributed by atoms with Crippen molar-refractivity contribution >= 4 is 11.9 Å². The van der Waals surface area contributed by atoms with Crippen molar-refractivity contribution in [3.63, 3.8) is 0 Å². The van der Waals surface area contributed by atoms with E-state index < -0.39 is 11.9 Å². The van der Waals surface area contributed by atoms with Crippen LogP contribution >= 0.6 is 0 Å². The average Bonchev–Trinajstić information content (AvgIpc) is 1.84. The number of carboxylic acids is 1. The minimum Gasteiger partial charge on any atom is -0.481 e. The number of carbonyl (C=O) groups is 2. The van der Waals surface area contributed by atoms with Crippen LogP contribution in [-0.4, -0.2) is 29.6 Å². The van der Waals surface area contributed by atoms with Crippen LogP contribution in [0.3, 0.4) is 0 Å². The lowest BCUT2D eigenvalue weighted by atomic mass is 10.2. The highest BCUT2D eigenvalue weighted by Crippen LogP contribution is 1.89. The van der Waals surface area contributed by atoms with Crippen LogP contribution in [0.2, 0.25) is 0 Å². The SMILES string of the molecule is CC(CC(=O)O)NOCC(N)=O. The summed E-state index contributed by atoms with van der Waals surface area (Å²) in [6.07, 6.45) is -0.0707. The number of carbonyl (C=O) groups excluding carboxylic acids is 1. The van der Waals surface area contributed by atoms with Gasteiger partial charge in [-0.3, -0.25) is 14.4 Å². The fraction of sp³-hybridized carbons (Fsp3) is 0.667. The first-order valence-corrected chi connectivity index (χ1v) is 3.39. The van der Waals surface area contributed by atoms with Crippen LogP contribution in [0, 0.1) is 0 Å². The monoisotopic (exact) mass is 176 g/mol. The van der Waals surface area contributed by atoms with E-state index in [1.165, 1.54) is 0 Å². The predicted octanol–water partition coefficient (Wildman–Crippen LogP) is -1.14. The number of rotatable bonds is 6. The molecule has 0 fully saturated rings. The second-order valence-corrected chi connectivity index (χ2v) is 2.37. The van der Waals surface area contributed by atoms with Gasteiger partial charge in [0.1, 0.15) is 6.61 Å². The average molecular weight is 176 g/mol. The Kier molecular flexibility index (Phi) is 4.98. The van der Waals surface area contributed by atoms with Crippen LogP contribution in [0.25, 0.3) is 0 Å². The van der Waals surface area contributed by atoms with Crippen LogP contribution < -0.4 is 11.2 Å². The molecular weight excluding hydrogens is 164 g/mol. The van der Waals surface area contributed by atoms with Gasteiger partial charge in [-0.2, -0.15) is 5.48 Å². The van der Waals surface area contributed by atoms with Crippen molar-refractivity contribution in [1.29, 1.82) is 0 Å². The van der Waals surface area contributed by atoms with Crippen molar-refractivity contribution in [3.05, 3.63) is 0 Å². The van der Waals surface area contributed by atoms with E-state index in [-0.39, 0.29) is 19.1 Å². The number of amides is 1. The van der Waals surface area contributed by atoms with Gasteiger partial charge in [-0.15, -0.1) is 0 Å². The summed E-state index contributed by atoms with van der Waals surface area (Å²) in [6.45, 7) is 1.36. The second kappa shape index (κ2) is 5.50. The summed E-state index contributed by atoms with van der Waals surface area (Å²) >= 11 is 0. The van der Waals surface area contributed by atoms with Gasteiger partial charge in [0.05, 0.1) is 6.42 Å². The number of hydroxylamine groups is 1. The zero-order chi connectivity index (χ0) is 9.56. The molecule has 0 spiro atoms. The first-order valence-electron chi connectivity index (χ1n) is 3.39. The molecule has 0 aromatic rings. The van der Waals surface area contributed by atoms with Crippen molar-refractivity contribution in [2.24, 2.45) is 5.73 Å². The Balaban J connectivity index is 3.37. The summed E-state index contributed by atoms with van der Waals surface area (Å²) in [5.41, 5.74) is 7.12. The Morgan fingerprint density at radius 2 is 2.25 bits per heavy atom. The summed E-state index contributed by atoms with van der Waals surface area (Å²) in [4.78, 5) is 24.8. The predicted molar refractivity (Wildman–Crippen MR) is 40.0 cm³/mol. The van der Waals surface area contributed by atoms with E-state index in [1.54, 1.807) is 6.92 Å². The lowest BCUT2D eigenvalue weighted by molar-refractivity contribution is -0.138. The normalized spacial score (nSPS) is 12.4. The molecule has 1 amide bonds. The Morgan fingerprint density at radius 1 is 1.67 bits per heavy atom. The van der Waals surface area contributed by atoms with E-state index in [2.05, 4.69) is 10.3 Å². The van der Waals surface area contributed by atoms with Crippen LogP contribution in [0.15, 0.2) is 0 Å². The van der Waals surface area contributed by atoms with Crippen LogP contribution in [0.5, 0.6) is 0 Å². The van der Waals surface area contributed by atoms with Crippen LogP contribution in [0.4, 0.5) is 0 Å². The van der Waals surface area contributed by atoms with E-state index in [9.17, 15) is 9.59 Å². The number of carboxylic acid groups (broad SMARTS) is 1. The van der Waals surface area contributed by atoms with Gasteiger partial charge in [0.2, 0.25) is 5.91 Å². The highest BCUT2D eigenvalue weighted by atomic mass is 16.6. The molecule has 1 unspecified atom stereocenters. The number of nitrogens with one attached hydrogen (secondary N) is 1. The molecule has 0 aliphatic heterocycles. The van der Waals surface area contributed by atoms with Crippen LogP contribution in [-0.2, 0) is 14.4 Å². The van der Waals surface area contributed by atoms with Crippen molar-refractivity contribution in [1.82, 2.24) is 5.48 Å². The Morgan fingerprint density at radius 3 is 2.67 bits per heavy atom. The van der Waals surface area contributed by atoms with Gasteiger partial charge in [0.15, 0.2) is 0 Å². The highest BCUT2D eigenvalue weighted by molar-refractivity contribution is 5.74. The molecule has 6 heteroatoms. The Labute approximate surface area is 69.6 Å². The van der Waals surface area contributed by atoms with E-state index >= 15 is 0 Å². The molecule has 0 radical (unpaired) electrons. The number of hydrogen-bond acceptors (Lipinski definition) is 4. The molecule has 0 bridgehead atoms. The zero-order valence-electron chi connectivity index (χ0n) is 6.74. The molecule has 0 aromatic heterocycles. The molecule has 0 aliphatic carbocycles. The fourth-order valence-electron chi connectivity index (χ4n) is 0.559. The summed E-state index contributed by atoms with van der Waals surface area (Å²) in [6, 6.07) is -0.346. The first-order chi connectivity index (χ1) is 5.52. The number of nitrogens with two attached hydrogens (primary N) is 1. The van der Waals surface area contributed by atoms with E-state index in [0.717, 1.165) is 0 Å². The number of primary amides is 1. The quantitative estimate of drug-likeness (QED) is 0.444. The molecule has 6 nitrogen and oxygen atoms in total. The topological polar surface area (TPSA) is 102 Å². The van der Waals surface area contributed by atoms with E-state index in [0.29, 0.717) is 0 Å². The maximum Gasteiger partial charge on any atom is 0.305 e. The Hall–Kier alpha value is -1.14. The summed E-state index contributed by atoms with van der Waals surface area (Å²) in [5.74, 6) is -1.54. The molecule has 0 aliphatic rings. The number of aliphatic carboxylic acids is 1. The molecular formula is C6H12N2O4. The minimum atomic E-state index is -0.933. The molecule has 1 atom stereocenters. The second-order valence-electron chi connectivity index (χ2n) is 2.37. The van der Waals surface area contributed by atoms with Gasteiger partial charge in [0, 0.05) is 6.04 Å². The van der Waals surface area contributed by atoms with E-state index in [4.69, 9.17) is 10.8 Å². The zero-order valence-corrected chi connectivity index (χ0v) is 6.74. The maximum atomic E-state index is 10.1. The molecule has 0 saturated heterocycles. The lowest BCUT2D eigenvalue weighted by Crippen LogP contribution is -2.32.